The van der Waals surface area contributed by atoms with Crippen LogP contribution in [-0.2, 0) is 0 Å². The van der Waals surface area contributed by atoms with E-state index >= 15 is 0 Å². The molecule has 3 nitrogen and oxygen atoms in total. The van der Waals surface area contributed by atoms with Gasteiger partial charge in [0.2, 0.25) is 0 Å². The second-order valence-corrected chi connectivity index (χ2v) is 3.00. The predicted molar refractivity (Wildman–Crippen MR) is 59.8 cm³/mol. The molecular weight excluding hydrogens is 186 g/mol. The summed E-state index contributed by atoms with van der Waals surface area (Å²) in [5.74, 6) is 3.35. The molecule has 2 N–H and O–H groups in total. The summed E-state index contributed by atoms with van der Waals surface area (Å²) in [4.78, 5) is 8.29. The highest BCUT2D eigenvalue weighted by atomic mass is 14.9. The van der Waals surface area contributed by atoms with Crippen molar-refractivity contribution in [1.82, 2.24) is 9.97 Å². The van der Waals surface area contributed by atoms with Crippen LogP contribution in [0.4, 0.5) is 5.82 Å². The van der Waals surface area contributed by atoms with Crippen LogP contribution in [0.15, 0.2) is 36.5 Å². The van der Waals surface area contributed by atoms with E-state index in [0.29, 0.717) is 17.2 Å². The molecule has 1 aromatic heterocycles. The van der Waals surface area contributed by atoms with Crippen LogP contribution in [0.3, 0.4) is 0 Å². The zero-order valence-corrected chi connectivity index (χ0v) is 8.01. The first-order chi connectivity index (χ1) is 7.31. The average molecular weight is 195 g/mol. The first-order valence-corrected chi connectivity index (χ1v) is 4.46. The Kier molecular flexibility index (Phi) is 2.34. The smallest absolute Gasteiger partial charge is 0.161 e. The molecule has 0 atom stereocenters. The molecule has 0 bridgehead atoms. The second kappa shape index (κ2) is 3.81. The van der Waals surface area contributed by atoms with Gasteiger partial charge in [0.25, 0.3) is 0 Å². The van der Waals surface area contributed by atoms with Crippen LogP contribution in [0.5, 0.6) is 0 Å². The van der Waals surface area contributed by atoms with E-state index in [4.69, 9.17) is 12.2 Å². The Morgan fingerprint density at radius 1 is 1.20 bits per heavy atom. The molecule has 1 heterocycles. The predicted octanol–water partition coefficient (Wildman–Crippen LogP) is 1.71. The lowest BCUT2D eigenvalue weighted by Crippen LogP contribution is -1.98. The summed E-state index contributed by atoms with van der Waals surface area (Å²) in [6.45, 7) is 0. The fourth-order valence-electron chi connectivity index (χ4n) is 1.23. The van der Waals surface area contributed by atoms with Gasteiger partial charge in [-0.3, -0.25) is 0 Å². The molecule has 0 saturated carbocycles. The van der Waals surface area contributed by atoms with Crippen LogP contribution in [0.1, 0.15) is 5.56 Å². The first kappa shape index (κ1) is 9.22. The summed E-state index contributed by atoms with van der Waals surface area (Å²) >= 11 is 0. The molecule has 3 heteroatoms. The first-order valence-electron chi connectivity index (χ1n) is 4.46. The van der Waals surface area contributed by atoms with Crippen LogP contribution in [0.2, 0.25) is 0 Å². The molecule has 0 aliphatic heterocycles. The summed E-state index contributed by atoms with van der Waals surface area (Å²) in [7, 11) is 0. The maximum absolute atomic E-state index is 5.68. The lowest BCUT2D eigenvalue weighted by Gasteiger charge is -2.01. The molecule has 0 amide bonds. The fourth-order valence-corrected chi connectivity index (χ4v) is 1.23. The zero-order chi connectivity index (χ0) is 10.7. The lowest BCUT2D eigenvalue weighted by atomic mass is 10.2. The van der Waals surface area contributed by atoms with Gasteiger partial charge in [0.1, 0.15) is 5.82 Å². The zero-order valence-electron chi connectivity index (χ0n) is 8.01. The number of nitrogens with two attached hydrogens (primary N) is 1. The third kappa shape index (κ3) is 1.79. The molecule has 0 aliphatic rings. The van der Waals surface area contributed by atoms with Gasteiger partial charge in [-0.15, -0.1) is 6.42 Å². The number of hydrogen-bond donors (Lipinski definition) is 1. The third-order valence-electron chi connectivity index (χ3n) is 2.01. The van der Waals surface area contributed by atoms with Gasteiger partial charge in [0.15, 0.2) is 5.82 Å². The van der Waals surface area contributed by atoms with Crippen LogP contribution < -0.4 is 5.73 Å². The molecule has 0 spiro atoms. The minimum absolute atomic E-state index is 0.339. The van der Waals surface area contributed by atoms with Gasteiger partial charge in [0, 0.05) is 11.8 Å². The van der Waals surface area contributed by atoms with Gasteiger partial charge in [-0.25, -0.2) is 9.97 Å². The minimum atomic E-state index is 0.339. The summed E-state index contributed by atoms with van der Waals surface area (Å²) in [6, 6.07) is 9.62. The van der Waals surface area contributed by atoms with E-state index in [0.717, 1.165) is 5.56 Å². The van der Waals surface area contributed by atoms with Crippen LogP contribution >= 0.6 is 0 Å². The van der Waals surface area contributed by atoms with E-state index in [9.17, 15) is 0 Å². The number of benzene rings is 1. The minimum Gasteiger partial charge on any atom is -0.383 e. The van der Waals surface area contributed by atoms with E-state index < -0.39 is 0 Å². The quantitative estimate of drug-likeness (QED) is 0.705. The van der Waals surface area contributed by atoms with Gasteiger partial charge in [-0.1, -0.05) is 36.3 Å². The molecule has 72 valence electrons. The SMILES string of the molecule is C#Cc1cnc(-c2ccccc2)nc1N. The molecule has 15 heavy (non-hydrogen) atoms. The molecule has 0 saturated heterocycles. The Morgan fingerprint density at radius 3 is 2.53 bits per heavy atom. The van der Waals surface area contributed by atoms with Crippen LogP contribution in [0.25, 0.3) is 11.4 Å². The van der Waals surface area contributed by atoms with Crippen LogP contribution in [0, 0.1) is 12.3 Å². The largest absolute Gasteiger partial charge is 0.383 e. The number of rotatable bonds is 1. The monoisotopic (exact) mass is 195 g/mol. The van der Waals surface area contributed by atoms with Crippen molar-refractivity contribution in [3.63, 3.8) is 0 Å². The Balaban J connectivity index is 2.49. The molecule has 2 rings (SSSR count). The number of aromatic nitrogens is 2. The summed E-state index contributed by atoms with van der Waals surface area (Å²) < 4.78 is 0. The Morgan fingerprint density at radius 2 is 1.93 bits per heavy atom. The Labute approximate surface area is 88.0 Å². The van der Waals surface area contributed by atoms with Gasteiger partial charge >= 0.3 is 0 Å². The lowest BCUT2D eigenvalue weighted by molar-refractivity contribution is 1.17. The molecule has 0 radical (unpaired) electrons. The van der Waals surface area contributed by atoms with E-state index in [2.05, 4.69) is 15.9 Å². The maximum Gasteiger partial charge on any atom is 0.161 e. The standard InChI is InChI=1S/C12H9N3/c1-2-9-8-14-12(15-11(9)13)10-6-4-3-5-7-10/h1,3-8H,(H2,13,14,15). The van der Waals surface area contributed by atoms with E-state index in [1.807, 2.05) is 30.3 Å². The highest BCUT2D eigenvalue weighted by molar-refractivity contribution is 5.59. The number of nitrogen functional groups attached to an aromatic ring is 1. The van der Waals surface area contributed by atoms with E-state index in [1.54, 1.807) is 6.20 Å². The normalized spacial score (nSPS) is 9.53. The van der Waals surface area contributed by atoms with Crippen molar-refractivity contribution in [3.8, 4) is 23.7 Å². The van der Waals surface area contributed by atoms with Crippen molar-refractivity contribution in [2.75, 3.05) is 5.73 Å². The van der Waals surface area contributed by atoms with E-state index in [-0.39, 0.29) is 0 Å². The number of terminal acetylenes is 1. The fraction of sp³-hybridized carbons (Fsp3) is 0. The number of nitrogens with zero attached hydrogens (tertiary/aromatic N) is 2. The molecule has 0 unspecified atom stereocenters. The molecule has 2 aromatic rings. The highest BCUT2D eigenvalue weighted by Crippen LogP contribution is 2.16. The van der Waals surface area contributed by atoms with Gasteiger partial charge in [0.05, 0.1) is 5.56 Å². The van der Waals surface area contributed by atoms with Gasteiger partial charge < -0.3 is 5.73 Å². The molecular formula is C12H9N3. The van der Waals surface area contributed by atoms with Crippen molar-refractivity contribution in [1.29, 1.82) is 0 Å². The van der Waals surface area contributed by atoms with Crippen molar-refractivity contribution >= 4 is 5.82 Å². The molecule has 0 aliphatic carbocycles. The number of hydrogen-bond acceptors (Lipinski definition) is 3. The van der Waals surface area contributed by atoms with Crippen molar-refractivity contribution in [2.45, 2.75) is 0 Å². The summed E-state index contributed by atoms with van der Waals surface area (Å²) in [5.41, 5.74) is 7.12. The van der Waals surface area contributed by atoms with Crippen molar-refractivity contribution in [2.24, 2.45) is 0 Å². The van der Waals surface area contributed by atoms with Crippen LogP contribution in [-0.4, -0.2) is 9.97 Å². The van der Waals surface area contributed by atoms with Gasteiger partial charge in [-0.2, -0.15) is 0 Å². The summed E-state index contributed by atoms with van der Waals surface area (Å²) in [5, 5.41) is 0. The van der Waals surface area contributed by atoms with Gasteiger partial charge in [-0.05, 0) is 0 Å². The Hall–Kier alpha value is -2.34. The third-order valence-corrected chi connectivity index (χ3v) is 2.01. The average Bonchev–Trinajstić information content (AvgIpc) is 2.30. The summed E-state index contributed by atoms with van der Waals surface area (Å²) in [6.07, 6.45) is 6.79. The molecule has 1 aromatic carbocycles. The molecule has 0 fully saturated rings. The van der Waals surface area contributed by atoms with E-state index in [1.165, 1.54) is 0 Å². The van der Waals surface area contributed by atoms with Crippen molar-refractivity contribution < 1.29 is 0 Å². The second-order valence-electron chi connectivity index (χ2n) is 3.00. The number of anilines is 1. The Bertz CT molecular complexity index is 512. The maximum atomic E-state index is 5.68. The highest BCUT2D eigenvalue weighted by Gasteiger charge is 2.03. The topological polar surface area (TPSA) is 51.8 Å². The van der Waals surface area contributed by atoms with Crippen molar-refractivity contribution in [3.05, 3.63) is 42.1 Å².